The predicted molar refractivity (Wildman–Crippen MR) is 106 cm³/mol. The van der Waals surface area contributed by atoms with Gasteiger partial charge in [-0.3, -0.25) is 10.2 Å². The van der Waals surface area contributed by atoms with E-state index in [-0.39, 0.29) is 33.3 Å². The maximum atomic E-state index is 12.7. The van der Waals surface area contributed by atoms with E-state index in [1.807, 2.05) is 4.83 Å². The third-order valence-corrected chi connectivity index (χ3v) is 5.51. The fraction of sp³-hybridized carbons (Fsp3) is 0.263. The van der Waals surface area contributed by atoms with Crippen LogP contribution in [0.25, 0.3) is 0 Å². The second-order valence-corrected chi connectivity index (χ2v) is 7.60. The van der Waals surface area contributed by atoms with Crippen molar-refractivity contribution in [2.24, 2.45) is 0 Å². The molecule has 0 fully saturated rings. The normalized spacial score (nSPS) is 10.8. The van der Waals surface area contributed by atoms with Crippen LogP contribution in [0.15, 0.2) is 35.2 Å². The Hall–Kier alpha value is -3.31. The summed E-state index contributed by atoms with van der Waals surface area (Å²) < 4.78 is 45.5. The van der Waals surface area contributed by atoms with Crippen LogP contribution in [-0.2, 0) is 14.8 Å². The van der Waals surface area contributed by atoms with E-state index >= 15 is 0 Å². The molecule has 0 spiro atoms. The van der Waals surface area contributed by atoms with Crippen LogP contribution in [0, 0.1) is 6.92 Å². The van der Waals surface area contributed by atoms with E-state index in [1.54, 1.807) is 6.92 Å². The van der Waals surface area contributed by atoms with E-state index in [2.05, 4.69) is 10.2 Å². The van der Waals surface area contributed by atoms with Gasteiger partial charge in [-0.25, -0.2) is 13.2 Å². The van der Waals surface area contributed by atoms with Crippen molar-refractivity contribution in [3.8, 4) is 17.2 Å². The second-order valence-electron chi connectivity index (χ2n) is 5.95. The Morgan fingerprint density at radius 3 is 1.97 bits per heavy atom. The smallest absolute Gasteiger partial charge is 0.337 e. The SMILES string of the molecule is COC(=O)c1ccc(C)c(S(=O)(=O)NNC(=O)c2cc(OC)c(OC)c(OC)c2)c1. The fourth-order valence-electron chi connectivity index (χ4n) is 2.59. The van der Waals surface area contributed by atoms with Crippen molar-refractivity contribution < 1.29 is 37.0 Å². The number of amides is 1. The lowest BCUT2D eigenvalue weighted by molar-refractivity contribution is 0.0600. The number of carbonyl (C=O) groups excluding carboxylic acids is 2. The minimum Gasteiger partial charge on any atom is -0.493 e. The highest BCUT2D eigenvalue weighted by Crippen LogP contribution is 2.38. The Bertz CT molecular complexity index is 1040. The minimum absolute atomic E-state index is 0.0550. The Labute approximate surface area is 174 Å². The summed E-state index contributed by atoms with van der Waals surface area (Å²) in [5.41, 5.74) is 2.61. The summed E-state index contributed by atoms with van der Waals surface area (Å²) in [4.78, 5) is 26.0. The number of hydrogen-bond donors (Lipinski definition) is 2. The largest absolute Gasteiger partial charge is 0.493 e. The molecule has 11 heteroatoms. The molecule has 2 rings (SSSR count). The molecule has 0 radical (unpaired) electrons. The van der Waals surface area contributed by atoms with Crippen LogP contribution in [-0.4, -0.2) is 48.7 Å². The summed E-state index contributed by atoms with van der Waals surface area (Å²) in [6.07, 6.45) is 0. The van der Waals surface area contributed by atoms with E-state index in [0.717, 1.165) is 6.07 Å². The monoisotopic (exact) mass is 438 g/mol. The van der Waals surface area contributed by atoms with Gasteiger partial charge >= 0.3 is 5.97 Å². The van der Waals surface area contributed by atoms with Crippen LogP contribution in [0.5, 0.6) is 17.2 Å². The number of esters is 1. The van der Waals surface area contributed by atoms with Crippen LogP contribution in [0.3, 0.4) is 0 Å². The van der Waals surface area contributed by atoms with Crippen molar-refractivity contribution in [2.45, 2.75) is 11.8 Å². The third kappa shape index (κ3) is 4.81. The number of sulfonamides is 1. The lowest BCUT2D eigenvalue weighted by Gasteiger charge is -2.15. The van der Waals surface area contributed by atoms with Crippen molar-refractivity contribution in [3.63, 3.8) is 0 Å². The molecule has 0 bridgehead atoms. The van der Waals surface area contributed by atoms with Gasteiger partial charge in [-0.2, -0.15) is 0 Å². The molecule has 2 aromatic rings. The topological polar surface area (TPSA) is 129 Å². The van der Waals surface area contributed by atoms with Crippen LogP contribution < -0.4 is 24.5 Å². The summed E-state index contributed by atoms with van der Waals surface area (Å²) in [5, 5.41) is 0. The van der Waals surface area contributed by atoms with Crippen LogP contribution in [0.2, 0.25) is 0 Å². The standard InChI is InChI=1S/C19H22N2O8S/c1-11-6-7-12(19(23)29-5)10-16(11)30(24,25)21-20-18(22)13-8-14(26-2)17(28-4)15(9-13)27-3/h6-10,21H,1-5H3,(H,20,22). The van der Waals surface area contributed by atoms with Crippen molar-refractivity contribution in [1.29, 1.82) is 0 Å². The summed E-state index contributed by atoms with van der Waals surface area (Å²) >= 11 is 0. The van der Waals surface area contributed by atoms with E-state index in [9.17, 15) is 18.0 Å². The molecule has 10 nitrogen and oxygen atoms in total. The number of carbonyl (C=O) groups is 2. The summed E-state index contributed by atoms with van der Waals surface area (Å²) in [6.45, 7) is 1.55. The number of hydrogen-bond acceptors (Lipinski definition) is 8. The molecule has 0 aliphatic heterocycles. The van der Waals surface area contributed by atoms with Crippen LogP contribution >= 0.6 is 0 Å². The average molecular weight is 438 g/mol. The van der Waals surface area contributed by atoms with Gasteiger partial charge in [0.25, 0.3) is 15.9 Å². The molecule has 0 atom stereocenters. The first-order valence-electron chi connectivity index (χ1n) is 8.49. The van der Waals surface area contributed by atoms with E-state index in [0.29, 0.717) is 5.56 Å². The molecule has 0 aliphatic rings. The molecular weight excluding hydrogens is 416 g/mol. The van der Waals surface area contributed by atoms with Gasteiger partial charge < -0.3 is 18.9 Å². The molecule has 0 aromatic heterocycles. The Morgan fingerprint density at radius 2 is 1.47 bits per heavy atom. The quantitative estimate of drug-likeness (QED) is 0.468. The molecule has 162 valence electrons. The first-order valence-corrected chi connectivity index (χ1v) is 9.98. The van der Waals surface area contributed by atoms with Crippen molar-refractivity contribution >= 4 is 21.9 Å². The van der Waals surface area contributed by atoms with Gasteiger partial charge in [0.05, 0.1) is 38.9 Å². The minimum atomic E-state index is -4.18. The highest BCUT2D eigenvalue weighted by atomic mass is 32.2. The molecule has 2 N–H and O–H groups in total. The highest BCUT2D eigenvalue weighted by Gasteiger charge is 2.22. The Balaban J connectivity index is 2.29. The zero-order chi connectivity index (χ0) is 22.5. The zero-order valence-corrected chi connectivity index (χ0v) is 17.9. The number of benzene rings is 2. The molecule has 0 saturated heterocycles. The maximum Gasteiger partial charge on any atom is 0.337 e. The lowest BCUT2D eigenvalue weighted by atomic mass is 10.1. The van der Waals surface area contributed by atoms with Crippen molar-refractivity contribution in [2.75, 3.05) is 28.4 Å². The Morgan fingerprint density at radius 1 is 0.867 bits per heavy atom. The van der Waals surface area contributed by atoms with Gasteiger partial charge in [0, 0.05) is 5.56 Å². The summed E-state index contributed by atoms with van der Waals surface area (Å²) in [7, 11) is 1.20. The lowest BCUT2D eigenvalue weighted by Crippen LogP contribution is -2.41. The molecule has 0 heterocycles. The third-order valence-electron chi connectivity index (χ3n) is 4.12. The van der Waals surface area contributed by atoms with Crippen molar-refractivity contribution in [3.05, 3.63) is 47.0 Å². The number of methoxy groups -OCH3 is 4. The number of ether oxygens (including phenoxy) is 4. The summed E-state index contributed by atoms with van der Waals surface area (Å²) in [6, 6.07) is 6.80. The molecule has 2 aromatic carbocycles. The van der Waals surface area contributed by atoms with Gasteiger partial charge in [0.1, 0.15) is 0 Å². The number of hydrazine groups is 1. The second kappa shape index (κ2) is 9.46. The van der Waals surface area contributed by atoms with Crippen LogP contribution in [0.1, 0.15) is 26.3 Å². The maximum absolute atomic E-state index is 12.7. The first kappa shape index (κ1) is 23.0. The number of aryl methyl sites for hydroxylation is 1. The molecule has 0 aliphatic carbocycles. The van der Waals surface area contributed by atoms with Gasteiger partial charge in [-0.1, -0.05) is 6.07 Å². The number of nitrogens with one attached hydrogen (secondary N) is 2. The van der Waals surface area contributed by atoms with Gasteiger partial charge in [-0.15, -0.1) is 4.83 Å². The van der Waals surface area contributed by atoms with Crippen LogP contribution in [0.4, 0.5) is 0 Å². The Kier molecular flexibility index (Phi) is 7.24. The van der Waals surface area contributed by atoms with E-state index in [4.69, 9.17) is 14.2 Å². The molecular formula is C19H22N2O8S. The predicted octanol–water partition coefficient (Wildman–Crippen LogP) is 1.43. The summed E-state index contributed by atoms with van der Waals surface area (Å²) in [5.74, 6) is -0.710. The molecule has 30 heavy (non-hydrogen) atoms. The van der Waals surface area contributed by atoms with E-state index < -0.39 is 21.9 Å². The molecule has 0 unspecified atom stereocenters. The van der Waals surface area contributed by atoms with Gasteiger partial charge in [0.2, 0.25) is 5.75 Å². The first-order chi connectivity index (χ1) is 14.2. The zero-order valence-electron chi connectivity index (χ0n) is 17.1. The average Bonchev–Trinajstić information content (AvgIpc) is 2.75. The molecule has 1 amide bonds. The number of rotatable bonds is 8. The van der Waals surface area contributed by atoms with E-state index in [1.165, 1.54) is 52.7 Å². The van der Waals surface area contributed by atoms with Gasteiger partial charge in [0.15, 0.2) is 11.5 Å². The van der Waals surface area contributed by atoms with Crippen molar-refractivity contribution in [1.82, 2.24) is 10.3 Å². The van der Waals surface area contributed by atoms with Gasteiger partial charge in [-0.05, 0) is 36.8 Å². The highest BCUT2D eigenvalue weighted by molar-refractivity contribution is 7.89. The fourth-order valence-corrected chi connectivity index (χ4v) is 3.70. The molecule has 0 saturated carbocycles.